The summed E-state index contributed by atoms with van der Waals surface area (Å²) in [6, 6.07) is 4.30. The van der Waals surface area contributed by atoms with Crippen molar-refractivity contribution in [3.8, 4) is 0 Å². The van der Waals surface area contributed by atoms with Crippen LogP contribution in [0.15, 0.2) is 24.4 Å². The van der Waals surface area contributed by atoms with Crippen molar-refractivity contribution in [2.75, 3.05) is 5.32 Å². The Bertz CT molecular complexity index is 528. The Morgan fingerprint density at radius 1 is 1.53 bits per heavy atom. The zero-order chi connectivity index (χ0) is 12.3. The minimum absolute atomic E-state index is 0.0753. The molecule has 0 fully saturated rings. The van der Waals surface area contributed by atoms with Crippen molar-refractivity contribution < 1.29 is 4.92 Å². The standard InChI is InChI=1S/C9H8ClN5O2/c10-8-3-7(15(16)17)4-9(13-8)11-5-6-1-2-12-14-6/h1-4H,5H2,(H,11,13)(H,12,14). The summed E-state index contributed by atoms with van der Waals surface area (Å²) in [7, 11) is 0. The van der Waals surface area contributed by atoms with Gasteiger partial charge in [-0.2, -0.15) is 5.10 Å². The van der Waals surface area contributed by atoms with Gasteiger partial charge in [0.2, 0.25) is 0 Å². The Labute approximate surface area is 101 Å². The summed E-state index contributed by atoms with van der Waals surface area (Å²) in [5.41, 5.74) is 0.742. The molecule has 8 heteroatoms. The van der Waals surface area contributed by atoms with Crippen LogP contribution in [0.25, 0.3) is 0 Å². The largest absolute Gasteiger partial charge is 0.364 e. The van der Waals surface area contributed by atoms with Crippen LogP contribution in [0.2, 0.25) is 5.15 Å². The van der Waals surface area contributed by atoms with Crippen molar-refractivity contribution in [1.82, 2.24) is 15.2 Å². The first kappa shape index (κ1) is 11.3. The van der Waals surface area contributed by atoms with Crippen LogP contribution in [0.3, 0.4) is 0 Å². The fraction of sp³-hybridized carbons (Fsp3) is 0.111. The molecular formula is C9H8ClN5O2. The van der Waals surface area contributed by atoms with E-state index in [1.807, 2.05) is 0 Å². The predicted octanol–water partition coefficient (Wildman–Crippen LogP) is 1.98. The van der Waals surface area contributed by atoms with Crippen LogP contribution in [0.1, 0.15) is 5.69 Å². The quantitative estimate of drug-likeness (QED) is 0.493. The van der Waals surface area contributed by atoms with Gasteiger partial charge in [0.1, 0.15) is 11.0 Å². The molecule has 2 aromatic rings. The van der Waals surface area contributed by atoms with Crippen LogP contribution in [0.5, 0.6) is 0 Å². The summed E-state index contributed by atoms with van der Waals surface area (Å²) in [6.07, 6.45) is 1.62. The Balaban J connectivity index is 2.13. The summed E-state index contributed by atoms with van der Waals surface area (Å²) < 4.78 is 0. The number of halogens is 1. The van der Waals surface area contributed by atoms with Crippen LogP contribution < -0.4 is 5.32 Å². The Morgan fingerprint density at radius 2 is 2.35 bits per heavy atom. The van der Waals surface area contributed by atoms with Gasteiger partial charge in [-0.3, -0.25) is 15.2 Å². The molecule has 0 saturated heterocycles. The van der Waals surface area contributed by atoms with Crippen LogP contribution in [0.4, 0.5) is 11.5 Å². The molecule has 0 spiro atoms. The van der Waals surface area contributed by atoms with Crippen molar-refractivity contribution in [3.63, 3.8) is 0 Å². The van der Waals surface area contributed by atoms with Gasteiger partial charge >= 0.3 is 0 Å². The number of aromatic nitrogens is 3. The summed E-state index contributed by atoms with van der Waals surface area (Å²) in [4.78, 5) is 14.0. The van der Waals surface area contributed by atoms with E-state index in [-0.39, 0.29) is 10.8 Å². The summed E-state index contributed by atoms with van der Waals surface area (Å²) in [6.45, 7) is 0.435. The molecule has 2 heterocycles. The van der Waals surface area contributed by atoms with Gasteiger partial charge in [-0.25, -0.2) is 4.98 Å². The van der Waals surface area contributed by atoms with Crippen molar-refractivity contribution in [2.24, 2.45) is 0 Å². The molecule has 7 nitrogen and oxygen atoms in total. The highest BCUT2D eigenvalue weighted by molar-refractivity contribution is 6.29. The highest BCUT2D eigenvalue weighted by Crippen LogP contribution is 2.20. The molecular weight excluding hydrogens is 246 g/mol. The normalized spacial score (nSPS) is 10.2. The summed E-state index contributed by atoms with van der Waals surface area (Å²) in [5.74, 6) is 0.346. The van der Waals surface area contributed by atoms with E-state index >= 15 is 0 Å². The average molecular weight is 254 g/mol. The molecule has 0 amide bonds. The van der Waals surface area contributed by atoms with Gasteiger partial charge in [0.25, 0.3) is 5.69 Å². The zero-order valence-corrected chi connectivity index (χ0v) is 9.31. The van der Waals surface area contributed by atoms with E-state index in [4.69, 9.17) is 11.6 Å². The van der Waals surface area contributed by atoms with E-state index in [0.717, 1.165) is 5.69 Å². The maximum Gasteiger partial charge on any atom is 0.276 e. The lowest BCUT2D eigenvalue weighted by molar-refractivity contribution is -0.384. The number of nitrogens with one attached hydrogen (secondary N) is 2. The predicted molar refractivity (Wildman–Crippen MR) is 61.8 cm³/mol. The Morgan fingerprint density at radius 3 is 3.00 bits per heavy atom. The third-order valence-electron chi connectivity index (χ3n) is 2.01. The molecule has 2 rings (SSSR count). The van der Waals surface area contributed by atoms with Gasteiger partial charge < -0.3 is 5.32 Å². The van der Waals surface area contributed by atoms with Crippen LogP contribution in [-0.4, -0.2) is 20.1 Å². The minimum Gasteiger partial charge on any atom is -0.364 e. The maximum atomic E-state index is 10.6. The van der Waals surface area contributed by atoms with Crippen LogP contribution >= 0.6 is 11.6 Å². The van der Waals surface area contributed by atoms with Crippen LogP contribution in [-0.2, 0) is 6.54 Å². The second-order valence-electron chi connectivity index (χ2n) is 3.23. The van der Waals surface area contributed by atoms with Gasteiger partial charge in [0.05, 0.1) is 29.3 Å². The lowest BCUT2D eigenvalue weighted by Crippen LogP contribution is -2.02. The van der Waals surface area contributed by atoms with E-state index in [0.29, 0.717) is 12.4 Å². The maximum absolute atomic E-state index is 10.6. The molecule has 0 aromatic carbocycles. The fourth-order valence-corrected chi connectivity index (χ4v) is 1.45. The monoisotopic (exact) mass is 253 g/mol. The van der Waals surface area contributed by atoms with Crippen molar-refractivity contribution in [3.05, 3.63) is 45.4 Å². The molecule has 17 heavy (non-hydrogen) atoms. The van der Waals surface area contributed by atoms with Crippen LogP contribution in [0, 0.1) is 10.1 Å². The van der Waals surface area contributed by atoms with Crippen molar-refractivity contribution in [1.29, 1.82) is 0 Å². The Hall–Kier alpha value is -2.15. The lowest BCUT2D eigenvalue weighted by atomic mass is 10.4. The first-order valence-electron chi connectivity index (χ1n) is 4.69. The van der Waals surface area contributed by atoms with E-state index in [1.54, 1.807) is 12.3 Å². The summed E-state index contributed by atoms with van der Waals surface area (Å²) >= 11 is 5.68. The molecule has 0 bridgehead atoms. The van der Waals surface area contributed by atoms with E-state index in [9.17, 15) is 10.1 Å². The number of hydrogen-bond acceptors (Lipinski definition) is 5. The molecule has 0 aliphatic heterocycles. The third-order valence-corrected chi connectivity index (χ3v) is 2.20. The SMILES string of the molecule is O=[N+]([O-])c1cc(Cl)nc(NCc2ccn[nH]2)c1. The number of H-pyrrole nitrogens is 1. The third kappa shape index (κ3) is 2.91. The van der Waals surface area contributed by atoms with Crippen molar-refractivity contribution >= 4 is 23.1 Å². The number of aromatic amines is 1. The molecule has 88 valence electrons. The van der Waals surface area contributed by atoms with Crippen molar-refractivity contribution in [2.45, 2.75) is 6.54 Å². The van der Waals surface area contributed by atoms with E-state index < -0.39 is 4.92 Å². The van der Waals surface area contributed by atoms with Gasteiger partial charge in [0, 0.05) is 6.20 Å². The number of pyridine rings is 1. The fourth-order valence-electron chi connectivity index (χ4n) is 1.25. The van der Waals surface area contributed by atoms with Gasteiger partial charge in [-0.1, -0.05) is 11.6 Å². The number of nitro groups is 1. The topological polar surface area (TPSA) is 96.7 Å². The average Bonchev–Trinajstić information content (AvgIpc) is 2.78. The number of hydrogen-bond donors (Lipinski definition) is 2. The van der Waals surface area contributed by atoms with Gasteiger partial charge in [-0.05, 0) is 6.07 Å². The first-order valence-corrected chi connectivity index (χ1v) is 5.07. The molecule has 2 N–H and O–H groups in total. The minimum atomic E-state index is -0.519. The molecule has 0 radical (unpaired) electrons. The smallest absolute Gasteiger partial charge is 0.276 e. The second-order valence-corrected chi connectivity index (χ2v) is 3.61. The molecule has 0 unspecified atom stereocenters. The zero-order valence-electron chi connectivity index (χ0n) is 8.55. The van der Waals surface area contributed by atoms with Gasteiger partial charge in [0.15, 0.2) is 0 Å². The molecule has 2 aromatic heterocycles. The number of nitrogens with zero attached hydrogens (tertiary/aromatic N) is 3. The van der Waals surface area contributed by atoms with Gasteiger partial charge in [-0.15, -0.1) is 0 Å². The number of rotatable bonds is 4. The van der Waals surface area contributed by atoms with E-state index in [1.165, 1.54) is 12.1 Å². The lowest BCUT2D eigenvalue weighted by Gasteiger charge is -2.04. The second kappa shape index (κ2) is 4.79. The summed E-state index contributed by atoms with van der Waals surface area (Å²) in [5, 5.41) is 20.1. The number of anilines is 1. The molecule has 0 aliphatic rings. The Kier molecular flexibility index (Phi) is 3.20. The highest BCUT2D eigenvalue weighted by atomic mass is 35.5. The molecule has 0 aliphatic carbocycles. The molecule has 0 atom stereocenters. The van der Waals surface area contributed by atoms with E-state index in [2.05, 4.69) is 20.5 Å². The highest BCUT2D eigenvalue weighted by Gasteiger charge is 2.10. The molecule has 0 saturated carbocycles. The first-order chi connectivity index (χ1) is 8.15.